The molecule has 0 spiro atoms. The van der Waals surface area contributed by atoms with Crippen molar-refractivity contribution in [2.75, 3.05) is 6.54 Å². The van der Waals surface area contributed by atoms with Crippen molar-refractivity contribution < 1.29 is 9.59 Å². The molecule has 5 heteroatoms. The zero-order valence-corrected chi connectivity index (χ0v) is 18.2. The molecule has 1 N–H and O–H groups in total. The Labute approximate surface area is 189 Å². The Hall–Kier alpha value is -3.47. The molecule has 1 aliphatic heterocycles. The number of aromatic nitrogens is 1. The lowest BCUT2D eigenvalue weighted by Crippen LogP contribution is -2.38. The Morgan fingerprint density at radius 1 is 0.906 bits per heavy atom. The van der Waals surface area contributed by atoms with E-state index in [2.05, 4.69) is 10.3 Å². The normalized spacial score (nSPS) is 17.2. The number of carbonyl (C=O) groups is 2. The van der Waals surface area contributed by atoms with Crippen LogP contribution in [0.1, 0.15) is 65.7 Å². The molecule has 5 nitrogen and oxygen atoms in total. The third kappa shape index (κ3) is 5.41. The summed E-state index contributed by atoms with van der Waals surface area (Å²) in [5.41, 5.74) is 2.64. The largest absolute Gasteiger partial charge is 0.345 e. The van der Waals surface area contributed by atoms with Gasteiger partial charge in [0.2, 0.25) is 5.91 Å². The van der Waals surface area contributed by atoms with Gasteiger partial charge in [0.15, 0.2) is 0 Å². The van der Waals surface area contributed by atoms with Gasteiger partial charge >= 0.3 is 0 Å². The van der Waals surface area contributed by atoms with Crippen molar-refractivity contribution >= 4 is 11.8 Å². The fourth-order valence-corrected chi connectivity index (χ4v) is 4.40. The van der Waals surface area contributed by atoms with Crippen LogP contribution in [-0.4, -0.2) is 28.2 Å². The van der Waals surface area contributed by atoms with E-state index in [4.69, 9.17) is 0 Å². The zero-order valence-electron chi connectivity index (χ0n) is 18.2. The molecule has 1 saturated heterocycles. The molecule has 164 valence electrons. The fourth-order valence-electron chi connectivity index (χ4n) is 4.40. The maximum absolute atomic E-state index is 13.6. The second-order valence-corrected chi connectivity index (χ2v) is 8.24. The van der Waals surface area contributed by atoms with E-state index in [9.17, 15) is 9.59 Å². The average Bonchev–Trinajstić information content (AvgIpc) is 3.11. The van der Waals surface area contributed by atoms with E-state index in [0.29, 0.717) is 5.56 Å². The fraction of sp³-hybridized carbons (Fsp3) is 0.296. The molecule has 2 amide bonds. The molecule has 2 unspecified atom stereocenters. The summed E-state index contributed by atoms with van der Waals surface area (Å²) in [5.74, 6) is -0.107. The van der Waals surface area contributed by atoms with Crippen LogP contribution >= 0.6 is 0 Å². The van der Waals surface area contributed by atoms with Crippen LogP contribution < -0.4 is 5.32 Å². The summed E-state index contributed by atoms with van der Waals surface area (Å²) in [4.78, 5) is 32.6. The summed E-state index contributed by atoms with van der Waals surface area (Å²) in [6, 6.07) is 22.5. The standard InChI is InChI=1S/C27H29N3O2/c31-26(30-19-9-3-8-14-25(30)22-15-17-28-18-16-22)20-24(21-10-4-1-5-11-21)29-27(32)23-12-6-2-7-13-23/h1-2,4-7,10-13,15-18,24-25H,3,8-9,14,19-20H2,(H,29,32). The molecular weight excluding hydrogens is 398 g/mol. The molecule has 3 aromatic rings. The van der Waals surface area contributed by atoms with Crippen LogP contribution in [0, 0.1) is 0 Å². The summed E-state index contributed by atoms with van der Waals surface area (Å²) in [6.45, 7) is 0.736. The number of likely N-dealkylation sites (tertiary alicyclic amines) is 1. The van der Waals surface area contributed by atoms with E-state index < -0.39 is 6.04 Å². The SMILES string of the molecule is O=C(NC(CC(=O)N1CCCCCC1c1ccncc1)c1ccccc1)c1ccccc1. The Morgan fingerprint density at radius 2 is 1.59 bits per heavy atom. The van der Waals surface area contributed by atoms with Gasteiger partial charge in [-0.05, 0) is 48.2 Å². The number of benzene rings is 2. The highest BCUT2D eigenvalue weighted by Crippen LogP contribution is 2.31. The Balaban J connectivity index is 1.56. The second-order valence-electron chi connectivity index (χ2n) is 8.24. The minimum absolute atomic E-state index is 0.0502. The predicted molar refractivity (Wildman–Crippen MR) is 125 cm³/mol. The van der Waals surface area contributed by atoms with Crippen LogP contribution in [0.3, 0.4) is 0 Å². The van der Waals surface area contributed by atoms with E-state index >= 15 is 0 Å². The molecule has 0 aliphatic carbocycles. The van der Waals surface area contributed by atoms with Gasteiger partial charge in [-0.2, -0.15) is 0 Å². The zero-order chi connectivity index (χ0) is 22.2. The second kappa shape index (κ2) is 10.7. The van der Waals surface area contributed by atoms with Gasteiger partial charge in [-0.1, -0.05) is 61.4 Å². The topological polar surface area (TPSA) is 62.3 Å². The van der Waals surface area contributed by atoms with Gasteiger partial charge in [-0.15, -0.1) is 0 Å². The third-order valence-electron chi connectivity index (χ3n) is 6.09. The smallest absolute Gasteiger partial charge is 0.251 e. The molecule has 1 aromatic heterocycles. The summed E-state index contributed by atoms with van der Waals surface area (Å²) in [6.07, 6.45) is 7.97. The van der Waals surface area contributed by atoms with E-state index in [1.807, 2.05) is 65.6 Å². The van der Waals surface area contributed by atoms with Crippen LogP contribution in [0.15, 0.2) is 85.2 Å². The molecule has 2 atom stereocenters. The van der Waals surface area contributed by atoms with Gasteiger partial charge in [-0.25, -0.2) is 0 Å². The van der Waals surface area contributed by atoms with Gasteiger partial charge < -0.3 is 10.2 Å². The lowest BCUT2D eigenvalue weighted by molar-refractivity contribution is -0.134. The maximum atomic E-state index is 13.6. The predicted octanol–water partition coefficient (Wildman–Crippen LogP) is 5.09. The molecule has 2 heterocycles. The van der Waals surface area contributed by atoms with Gasteiger partial charge in [0.1, 0.15) is 0 Å². The first-order valence-electron chi connectivity index (χ1n) is 11.3. The molecule has 1 aliphatic rings. The summed E-state index contributed by atoms with van der Waals surface area (Å²) in [5, 5.41) is 3.09. The average molecular weight is 428 g/mol. The van der Waals surface area contributed by atoms with Crippen molar-refractivity contribution in [1.82, 2.24) is 15.2 Å². The highest BCUT2D eigenvalue weighted by molar-refractivity contribution is 5.94. The number of carbonyl (C=O) groups excluding carboxylic acids is 2. The number of hydrogen-bond donors (Lipinski definition) is 1. The molecule has 0 saturated carbocycles. The molecule has 32 heavy (non-hydrogen) atoms. The molecule has 1 fully saturated rings. The number of hydrogen-bond acceptors (Lipinski definition) is 3. The van der Waals surface area contributed by atoms with E-state index in [1.165, 1.54) is 0 Å². The minimum atomic E-state index is -0.391. The number of nitrogens with zero attached hydrogens (tertiary/aromatic N) is 2. The number of amides is 2. The highest BCUT2D eigenvalue weighted by Gasteiger charge is 2.29. The first-order chi connectivity index (χ1) is 15.7. The van der Waals surface area contributed by atoms with Crippen molar-refractivity contribution in [3.63, 3.8) is 0 Å². The number of pyridine rings is 1. The van der Waals surface area contributed by atoms with Crippen LogP contribution in [0.25, 0.3) is 0 Å². The first-order valence-corrected chi connectivity index (χ1v) is 11.3. The van der Waals surface area contributed by atoms with Crippen LogP contribution in [0.2, 0.25) is 0 Å². The maximum Gasteiger partial charge on any atom is 0.251 e. The van der Waals surface area contributed by atoms with Crippen LogP contribution in [-0.2, 0) is 4.79 Å². The number of nitrogens with one attached hydrogen (secondary N) is 1. The molecule has 0 radical (unpaired) electrons. The molecular formula is C27H29N3O2. The molecule has 2 aromatic carbocycles. The van der Waals surface area contributed by atoms with Crippen LogP contribution in [0.4, 0.5) is 0 Å². The van der Waals surface area contributed by atoms with Gasteiger partial charge in [0.25, 0.3) is 5.91 Å². The lowest BCUT2D eigenvalue weighted by atomic mass is 9.99. The summed E-state index contributed by atoms with van der Waals surface area (Å²) >= 11 is 0. The third-order valence-corrected chi connectivity index (χ3v) is 6.09. The monoisotopic (exact) mass is 427 g/mol. The summed E-state index contributed by atoms with van der Waals surface area (Å²) in [7, 11) is 0. The van der Waals surface area contributed by atoms with Crippen molar-refractivity contribution in [3.05, 3.63) is 102 Å². The lowest BCUT2D eigenvalue weighted by Gasteiger charge is -2.32. The summed E-state index contributed by atoms with van der Waals surface area (Å²) < 4.78 is 0. The molecule has 0 bridgehead atoms. The van der Waals surface area contributed by atoms with Gasteiger partial charge in [0.05, 0.1) is 18.5 Å². The van der Waals surface area contributed by atoms with Crippen molar-refractivity contribution in [3.8, 4) is 0 Å². The first kappa shape index (κ1) is 21.8. The van der Waals surface area contributed by atoms with E-state index in [0.717, 1.165) is 43.4 Å². The minimum Gasteiger partial charge on any atom is -0.345 e. The Morgan fingerprint density at radius 3 is 2.31 bits per heavy atom. The Bertz CT molecular complexity index is 1010. The quantitative estimate of drug-likeness (QED) is 0.596. The van der Waals surface area contributed by atoms with Gasteiger partial charge in [-0.3, -0.25) is 14.6 Å². The number of rotatable bonds is 6. The Kier molecular flexibility index (Phi) is 7.28. The molecule has 4 rings (SSSR count). The van der Waals surface area contributed by atoms with Crippen molar-refractivity contribution in [1.29, 1.82) is 0 Å². The van der Waals surface area contributed by atoms with E-state index in [-0.39, 0.29) is 24.3 Å². The van der Waals surface area contributed by atoms with Crippen molar-refractivity contribution in [2.24, 2.45) is 0 Å². The van der Waals surface area contributed by atoms with Crippen LogP contribution in [0.5, 0.6) is 0 Å². The van der Waals surface area contributed by atoms with Gasteiger partial charge in [0, 0.05) is 24.5 Å². The highest BCUT2D eigenvalue weighted by atomic mass is 16.2. The van der Waals surface area contributed by atoms with E-state index in [1.54, 1.807) is 24.5 Å². The van der Waals surface area contributed by atoms with Crippen molar-refractivity contribution in [2.45, 2.75) is 44.2 Å².